The number of nitrogens with one attached hydrogen (secondary N) is 2. The number of pyridine rings is 1. The van der Waals surface area contributed by atoms with Crippen LogP contribution in [0, 0.1) is 0 Å². The monoisotopic (exact) mass is 304 g/mol. The topological polar surface area (TPSA) is 49.3 Å². The van der Waals surface area contributed by atoms with E-state index in [1.807, 2.05) is 24.3 Å². The fourth-order valence-corrected chi connectivity index (χ4v) is 2.79. The van der Waals surface area contributed by atoms with Crippen LogP contribution in [-0.2, 0) is 0 Å². The zero-order valence-corrected chi connectivity index (χ0v) is 12.4. The number of hydrogen-bond acceptors (Lipinski definition) is 5. The van der Waals surface area contributed by atoms with E-state index in [0.29, 0.717) is 11.0 Å². The average molecular weight is 305 g/mol. The van der Waals surface area contributed by atoms with Crippen molar-refractivity contribution >= 4 is 35.3 Å². The molecule has 102 valence electrons. The first-order valence-corrected chi connectivity index (χ1v) is 7.36. The van der Waals surface area contributed by atoms with Crippen molar-refractivity contribution in [2.75, 3.05) is 5.32 Å². The van der Waals surface area contributed by atoms with E-state index in [2.05, 4.69) is 39.1 Å². The first-order chi connectivity index (χ1) is 9.72. The number of hydrogen-bond donors (Lipinski definition) is 2. The Morgan fingerprint density at radius 3 is 2.90 bits per heavy atom. The third kappa shape index (κ3) is 2.89. The van der Waals surface area contributed by atoms with Gasteiger partial charge in [0.05, 0.1) is 16.0 Å². The summed E-state index contributed by atoms with van der Waals surface area (Å²) in [5, 5.41) is 7.12. The Bertz CT molecular complexity index is 645. The fraction of sp³-hybridized carbons (Fsp3) is 0.143. The minimum absolute atomic E-state index is 0.164. The summed E-state index contributed by atoms with van der Waals surface area (Å²) in [6.07, 6.45) is 1.62. The molecule has 0 spiro atoms. The van der Waals surface area contributed by atoms with E-state index in [0.717, 1.165) is 10.7 Å². The lowest BCUT2D eigenvalue weighted by Crippen LogP contribution is -2.34. The first-order valence-electron chi connectivity index (χ1n) is 6.21. The highest BCUT2D eigenvalue weighted by molar-refractivity contribution is 7.98. The lowest BCUT2D eigenvalue weighted by molar-refractivity contribution is 0.716. The minimum Gasteiger partial charge on any atom is -0.349 e. The lowest BCUT2D eigenvalue weighted by atomic mass is 10.1. The Labute approximate surface area is 126 Å². The molecule has 1 aromatic heterocycles. The predicted octanol–water partition coefficient (Wildman–Crippen LogP) is 3.87. The number of anilines is 1. The molecule has 3 rings (SSSR count). The predicted molar refractivity (Wildman–Crippen MR) is 84.2 cm³/mol. The molecular weight excluding hydrogens is 292 g/mol. The van der Waals surface area contributed by atoms with Gasteiger partial charge in [0, 0.05) is 18.1 Å². The number of nitrogens with zero attached hydrogens (tertiary/aromatic N) is 2. The Hall–Kier alpha value is -1.72. The van der Waals surface area contributed by atoms with Gasteiger partial charge in [0.1, 0.15) is 5.82 Å². The van der Waals surface area contributed by atoms with Crippen molar-refractivity contribution in [2.45, 2.75) is 17.9 Å². The van der Waals surface area contributed by atoms with E-state index >= 15 is 0 Å². The molecular formula is C14H13ClN4S. The molecule has 1 unspecified atom stereocenters. The van der Waals surface area contributed by atoms with Crippen LogP contribution in [0.15, 0.2) is 51.9 Å². The van der Waals surface area contributed by atoms with Gasteiger partial charge in [-0.15, -0.1) is 0 Å². The Morgan fingerprint density at radius 2 is 2.10 bits per heavy atom. The molecule has 0 bridgehead atoms. The standard InChI is InChI=1S/C14H13ClN4S/c1-9(10-5-3-2-4-6-10)17-14-18-13-12(20-19-14)7-11(15)8-16-13/h2-9H,1H3,(H2,16,17,18,19). The molecule has 1 aliphatic heterocycles. The van der Waals surface area contributed by atoms with Crippen LogP contribution >= 0.6 is 23.5 Å². The summed E-state index contributed by atoms with van der Waals surface area (Å²) in [4.78, 5) is 5.19. The summed E-state index contributed by atoms with van der Waals surface area (Å²) < 4.78 is 4.39. The highest BCUT2D eigenvalue weighted by Crippen LogP contribution is 2.32. The summed E-state index contributed by atoms with van der Waals surface area (Å²) in [7, 11) is 0. The minimum atomic E-state index is 0.164. The third-order valence-corrected chi connectivity index (χ3v) is 3.93. The van der Waals surface area contributed by atoms with Crippen molar-refractivity contribution in [1.29, 1.82) is 0 Å². The van der Waals surface area contributed by atoms with E-state index in [9.17, 15) is 0 Å². The molecule has 0 aliphatic carbocycles. The number of halogens is 1. The van der Waals surface area contributed by atoms with Gasteiger partial charge in [-0.3, -0.25) is 0 Å². The average Bonchev–Trinajstić information content (AvgIpc) is 2.48. The zero-order chi connectivity index (χ0) is 13.9. The number of guanidine groups is 1. The van der Waals surface area contributed by atoms with E-state index in [1.165, 1.54) is 17.5 Å². The third-order valence-electron chi connectivity index (χ3n) is 2.94. The molecule has 2 N–H and O–H groups in total. The second kappa shape index (κ2) is 5.73. The molecule has 1 atom stereocenters. The smallest absolute Gasteiger partial charge is 0.209 e. The van der Waals surface area contributed by atoms with Gasteiger partial charge in [0.15, 0.2) is 0 Å². The van der Waals surface area contributed by atoms with E-state index in [1.54, 1.807) is 6.20 Å². The molecule has 0 amide bonds. The largest absolute Gasteiger partial charge is 0.349 e. The van der Waals surface area contributed by atoms with Crippen molar-refractivity contribution < 1.29 is 0 Å². The summed E-state index contributed by atoms with van der Waals surface area (Å²) in [6, 6.07) is 12.2. The Balaban J connectivity index is 1.71. The first kappa shape index (κ1) is 13.3. The lowest BCUT2D eigenvalue weighted by Gasteiger charge is -2.21. The molecule has 0 fully saturated rings. The van der Waals surface area contributed by atoms with Crippen molar-refractivity contribution in [2.24, 2.45) is 4.40 Å². The van der Waals surface area contributed by atoms with Gasteiger partial charge in [0.2, 0.25) is 5.96 Å². The number of benzene rings is 1. The van der Waals surface area contributed by atoms with Crippen molar-refractivity contribution in [3.63, 3.8) is 0 Å². The van der Waals surface area contributed by atoms with Gasteiger partial charge in [-0.2, -0.15) is 4.40 Å². The Kier molecular flexibility index (Phi) is 3.80. The maximum absolute atomic E-state index is 5.91. The number of aromatic nitrogens is 1. The van der Waals surface area contributed by atoms with E-state index < -0.39 is 0 Å². The highest BCUT2D eigenvalue weighted by atomic mass is 35.5. The quantitative estimate of drug-likeness (QED) is 0.827. The van der Waals surface area contributed by atoms with Crippen LogP contribution in [0.3, 0.4) is 0 Å². The van der Waals surface area contributed by atoms with Crippen LogP contribution in [0.25, 0.3) is 0 Å². The maximum atomic E-state index is 5.91. The van der Waals surface area contributed by atoms with Crippen LogP contribution in [0.5, 0.6) is 0 Å². The van der Waals surface area contributed by atoms with E-state index in [4.69, 9.17) is 11.6 Å². The summed E-state index contributed by atoms with van der Waals surface area (Å²) >= 11 is 7.27. The maximum Gasteiger partial charge on any atom is 0.209 e. The van der Waals surface area contributed by atoms with Crippen LogP contribution < -0.4 is 10.6 Å². The number of rotatable bonds is 2. The van der Waals surface area contributed by atoms with E-state index in [-0.39, 0.29) is 6.04 Å². The van der Waals surface area contributed by atoms with Gasteiger partial charge >= 0.3 is 0 Å². The van der Waals surface area contributed by atoms with Crippen LogP contribution in [0.1, 0.15) is 18.5 Å². The van der Waals surface area contributed by atoms with Gasteiger partial charge in [-0.1, -0.05) is 41.9 Å². The normalized spacial score (nSPS) is 14.8. The molecule has 0 radical (unpaired) electrons. The van der Waals surface area contributed by atoms with Gasteiger partial charge in [0.25, 0.3) is 0 Å². The number of fused-ring (bicyclic) bond motifs is 1. The molecule has 0 saturated carbocycles. The van der Waals surface area contributed by atoms with Crippen molar-refractivity contribution in [3.05, 3.63) is 53.2 Å². The molecule has 2 aromatic rings. The molecule has 4 nitrogen and oxygen atoms in total. The molecule has 1 aromatic carbocycles. The second-order valence-electron chi connectivity index (χ2n) is 4.43. The van der Waals surface area contributed by atoms with Crippen LogP contribution in [-0.4, -0.2) is 10.9 Å². The molecule has 1 aliphatic rings. The highest BCUT2D eigenvalue weighted by Gasteiger charge is 2.16. The fourth-order valence-electron chi connectivity index (χ4n) is 1.91. The van der Waals surface area contributed by atoms with Crippen molar-refractivity contribution in [3.8, 4) is 0 Å². The van der Waals surface area contributed by atoms with Gasteiger partial charge in [-0.05, 0) is 18.6 Å². The molecule has 0 saturated heterocycles. The van der Waals surface area contributed by atoms with Gasteiger partial charge < -0.3 is 10.6 Å². The summed E-state index contributed by atoms with van der Waals surface area (Å²) in [5.41, 5.74) is 1.21. The van der Waals surface area contributed by atoms with Gasteiger partial charge in [-0.25, -0.2) is 4.98 Å². The SMILES string of the molecule is CC(NC1=NSc2cc(Cl)cnc2N1)c1ccccc1. The Morgan fingerprint density at radius 1 is 1.30 bits per heavy atom. The second-order valence-corrected chi connectivity index (χ2v) is 5.67. The molecule has 20 heavy (non-hydrogen) atoms. The van der Waals surface area contributed by atoms with Crippen LogP contribution in [0.4, 0.5) is 5.82 Å². The summed E-state index contributed by atoms with van der Waals surface area (Å²) in [5.74, 6) is 1.48. The zero-order valence-electron chi connectivity index (χ0n) is 10.8. The molecule has 2 heterocycles. The van der Waals surface area contributed by atoms with Crippen LogP contribution in [0.2, 0.25) is 5.02 Å². The summed E-state index contributed by atoms with van der Waals surface area (Å²) in [6.45, 7) is 2.09. The molecule has 6 heteroatoms. The van der Waals surface area contributed by atoms with Crippen molar-refractivity contribution in [1.82, 2.24) is 10.3 Å².